The minimum absolute atomic E-state index is 0.269. The highest BCUT2D eigenvalue weighted by Gasteiger charge is 2.41. The second-order valence-corrected chi connectivity index (χ2v) is 12.6. The Labute approximate surface area is 285 Å². The second-order valence-electron chi connectivity index (χ2n) is 12.6. The van der Waals surface area contributed by atoms with E-state index in [1.165, 1.54) is 0 Å². The van der Waals surface area contributed by atoms with Crippen molar-refractivity contribution in [1.29, 1.82) is 0 Å². The first-order valence-electron chi connectivity index (χ1n) is 17.1. The van der Waals surface area contributed by atoms with Gasteiger partial charge in [-0.3, -0.25) is 0 Å². The number of ether oxygens (including phenoxy) is 2. The minimum Gasteiger partial charge on any atom is -0.361 e. The van der Waals surface area contributed by atoms with Crippen LogP contribution in [0, 0.1) is 11.8 Å². The van der Waals surface area contributed by atoms with Gasteiger partial charge in [-0.25, -0.2) is 0 Å². The van der Waals surface area contributed by atoms with Crippen LogP contribution < -0.4 is 0 Å². The lowest BCUT2D eigenvalue weighted by Gasteiger charge is -2.40. The van der Waals surface area contributed by atoms with Crippen LogP contribution >= 0.6 is 0 Å². The summed E-state index contributed by atoms with van der Waals surface area (Å²) in [6, 6.07) is 64.0. The molecule has 0 radical (unpaired) electrons. The van der Waals surface area contributed by atoms with Crippen molar-refractivity contribution < 1.29 is 9.47 Å². The molecule has 0 spiro atoms. The fraction of sp³-hybridized carbons (Fsp3) is 0.174. The van der Waals surface area contributed by atoms with Crippen LogP contribution in [0.2, 0.25) is 0 Å². The number of benzene rings is 6. The fourth-order valence-corrected chi connectivity index (χ4v) is 7.34. The molecule has 1 aliphatic carbocycles. The van der Waals surface area contributed by atoms with Crippen molar-refractivity contribution in [1.82, 2.24) is 0 Å². The number of hydrogen-bond donors (Lipinski definition) is 0. The maximum Gasteiger partial charge on any atom is 0.143 e. The Bertz CT molecular complexity index is 1520. The maximum atomic E-state index is 7.35. The summed E-state index contributed by atoms with van der Waals surface area (Å²) in [5.74, 6) is 0.538. The molecule has 0 saturated heterocycles. The molecule has 2 nitrogen and oxygen atoms in total. The highest BCUT2D eigenvalue weighted by Crippen LogP contribution is 2.44. The Kier molecular flexibility index (Phi) is 9.75. The molecule has 0 saturated carbocycles. The van der Waals surface area contributed by atoms with Gasteiger partial charge >= 0.3 is 0 Å². The molecule has 0 fully saturated rings. The largest absolute Gasteiger partial charge is 0.361 e. The van der Waals surface area contributed by atoms with Gasteiger partial charge < -0.3 is 9.47 Å². The number of rotatable bonds is 12. The Hall–Kier alpha value is -5.02. The standard InChI is InChI=1S/C46H42O2/c1-7-23-39(24-8-1)45(40-25-9-2-10-26-40,41-27-11-3-12-28-41)47-35-37-21-19-20-22-38(37)36-48-46(42-29-13-4-14-30-42,43-31-15-5-16-32-43)44-33-17-6-18-34-44/h1-20,23-34,37-38H,21-22,35-36H2/t37-,38-/m0/s1. The molecule has 48 heavy (non-hydrogen) atoms. The van der Waals surface area contributed by atoms with E-state index < -0.39 is 11.2 Å². The summed E-state index contributed by atoms with van der Waals surface area (Å²) in [6.07, 6.45) is 6.52. The van der Waals surface area contributed by atoms with Crippen LogP contribution in [-0.4, -0.2) is 13.2 Å². The third-order valence-corrected chi connectivity index (χ3v) is 9.82. The van der Waals surface area contributed by atoms with Gasteiger partial charge in [-0.2, -0.15) is 0 Å². The lowest BCUT2D eigenvalue weighted by atomic mass is 9.78. The van der Waals surface area contributed by atoms with E-state index in [-0.39, 0.29) is 11.8 Å². The normalized spacial score (nSPS) is 16.4. The van der Waals surface area contributed by atoms with Crippen molar-refractivity contribution in [3.8, 4) is 0 Å². The molecular weight excluding hydrogens is 585 g/mol. The van der Waals surface area contributed by atoms with Gasteiger partial charge in [0.15, 0.2) is 0 Å². The Morgan fingerprint density at radius 1 is 0.333 bits per heavy atom. The van der Waals surface area contributed by atoms with Gasteiger partial charge in [0.05, 0.1) is 13.2 Å². The maximum absolute atomic E-state index is 7.35. The molecule has 238 valence electrons. The molecule has 2 heteroatoms. The van der Waals surface area contributed by atoms with Crippen molar-refractivity contribution >= 4 is 0 Å². The highest BCUT2D eigenvalue weighted by molar-refractivity contribution is 5.49. The molecule has 2 atom stereocenters. The summed E-state index contributed by atoms with van der Waals surface area (Å²) in [5, 5.41) is 0. The molecule has 0 N–H and O–H groups in total. The first kappa shape index (κ1) is 31.6. The van der Waals surface area contributed by atoms with Crippen LogP contribution in [0.25, 0.3) is 0 Å². The van der Waals surface area contributed by atoms with Crippen LogP contribution in [-0.2, 0) is 20.7 Å². The van der Waals surface area contributed by atoms with E-state index in [0.29, 0.717) is 13.2 Å². The van der Waals surface area contributed by atoms with Crippen molar-refractivity contribution in [2.45, 2.75) is 24.0 Å². The molecule has 1 aliphatic rings. The SMILES string of the molecule is C1=CC[C@@H](COC(c2ccccc2)(c2ccccc2)c2ccccc2)[C@H](COC(c2ccccc2)(c2ccccc2)c2ccccc2)C1. The average Bonchev–Trinajstić information content (AvgIpc) is 3.18. The summed E-state index contributed by atoms with van der Waals surface area (Å²) < 4.78 is 14.7. The molecule has 0 aromatic heterocycles. The summed E-state index contributed by atoms with van der Waals surface area (Å²) in [6.45, 7) is 1.18. The minimum atomic E-state index is -0.752. The first-order valence-corrected chi connectivity index (χ1v) is 17.1. The molecular formula is C46H42O2. The Balaban J connectivity index is 1.24. The fourth-order valence-electron chi connectivity index (χ4n) is 7.34. The van der Waals surface area contributed by atoms with Crippen LogP contribution in [0.3, 0.4) is 0 Å². The van der Waals surface area contributed by atoms with Crippen LogP contribution in [0.15, 0.2) is 194 Å². The third-order valence-electron chi connectivity index (χ3n) is 9.82. The zero-order valence-electron chi connectivity index (χ0n) is 27.3. The van der Waals surface area contributed by atoms with Crippen LogP contribution in [0.5, 0.6) is 0 Å². The van der Waals surface area contributed by atoms with E-state index in [1.54, 1.807) is 0 Å². The predicted octanol–water partition coefficient (Wildman–Crippen LogP) is 10.6. The highest BCUT2D eigenvalue weighted by atomic mass is 16.5. The van der Waals surface area contributed by atoms with Gasteiger partial charge in [0.2, 0.25) is 0 Å². The Morgan fingerprint density at radius 2 is 0.542 bits per heavy atom. The molecule has 6 aromatic rings. The van der Waals surface area contributed by atoms with Gasteiger partial charge in [-0.15, -0.1) is 0 Å². The third kappa shape index (κ3) is 6.30. The summed E-state index contributed by atoms with van der Waals surface area (Å²) in [4.78, 5) is 0. The van der Waals surface area contributed by atoms with Crippen molar-refractivity contribution in [2.24, 2.45) is 11.8 Å². The number of hydrogen-bond acceptors (Lipinski definition) is 2. The predicted molar refractivity (Wildman–Crippen MR) is 196 cm³/mol. The smallest absolute Gasteiger partial charge is 0.143 e. The monoisotopic (exact) mass is 626 g/mol. The molecule has 0 unspecified atom stereocenters. The van der Waals surface area contributed by atoms with Crippen molar-refractivity contribution in [3.05, 3.63) is 228 Å². The van der Waals surface area contributed by atoms with E-state index >= 15 is 0 Å². The average molecular weight is 627 g/mol. The van der Waals surface area contributed by atoms with Gasteiger partial charge in [0, 0.05) is 0 Å². The van der Waals surface area contributed by atoms with Crippen LogP contribution in [0.4, 0.5) is 0 Å². The van der Waals surface area contributed by atoms with Gasteiger partial charge in [-0.1, -0.05) is 194 Å². The van der Waals surface area contributed by atoms with Gasteiger partial charge in [0.1, 0.15) is 11.2 Å². The topological polar surface area (TPSA) is 18.5 Å². The lowest BCUT2D eigenvalue weighted by molar-refractivity contribution is -0.0536. The van der Waals surface area contributed by atoms with E-state index in [1.807, 2.05) is 0 Å². The second kappa shape index (κ2) is 14.8. The Morgan fingerprint density at radius 3 is 0.750 bits per heavy atom. The zero-order chi connectivity index (χ0) is 32.5. The zero-order valence-corrected chi connectivity index (χ0v) is 27.3. The number of allylic oxidation sites excluding steroid dienone is 2. The van der Waals surface area contributed by atoms with Crippen molar-refractivity contribution in [2.75, 3.05) is 13.2 Å². The summed E-state index contributed by atoms with van der Waals surface area (Å²) in [5.41, 5.74) is 5.23. The molecule has 7 rings (SSSR count). The molecule has 0 heterocycles. The van der Waals surface area contributed by atoms with E-state index in [2.05, 4.69) is 194 Å². The van der Waals surface area contributed by atoms with E-state index in [0.717, 1.165) is 46.2 Å². The molecule has 6 aromatic carbocycles. The van der Waals surface area contributed by atoms with Crippen LogP contribution in [0.1, 0.15) is 46.2 Å². The quantitative estimate of drug-likeness (QED) is 0.0994. The van der Waals surface area contributed by atoms with E-state index in [9.17, 15) is 0 Å². The molecule has 0 amide bonds. The summed E-state index contributed by atoms with van der Waals surface area (Å²) >= 11 is 0. The van der Waals surface area contributed by atoms with Gasteiger partial charge in [0.25, 0.3) is 0 Å². The first-order chi connectivity index (χ1) is 23.8. The lowest BCUT2D eigenvalue weighted by Crippen LogP contribution is -2.39. The molecule has 0 bridgehead atoms. The van der Waals surface area contributed by atoms with E-state index in [4.69, 9.17) is 9.47 Å². The summed E-state index contributed by atoms with van der Waals surface area (Å²) in [7, 11) is 0. The van der Waals surface area contributed by atoms with Crippen molar-refractivity contribution in [3.63, 3.8) is 0 Å². The van der Waals surface area contributed by atoms with Gasteiger partial charge in [-0.05, 0) is 58.1 Å². The molecule has 0 aliphatic heterocycles.